The van der Waals surface area contributed by atoms with Crippen LogP contribution in [0.15, 0.2) is 34.6 Å². The van der Waals surface area contributed by atoms with Crippen molar-refractivity contribution in [1.29, 1.82) is 0 Å². The first kappa shape index (κ1) is 23.3. The normalized spacial score (nSPS) is 12.6. The minimum atomic E-state index is -3.38. The lowest BCUT2D eigenvalue weighted by molar-refractivity contribution is 0.568. The number of hydrogen-bond donors (Lipinski definition) is 3. The lowest BCUT2D eigenvalue weighted by atomic mass is 10.1. The maximum Gasteiger partial charge on any atom is 0.216 e. The molecular weight excluding hydrogens is 406 g/mol. The lowest BCUT2D eigenvalue weighted by Gasteiger charge is -2.15. The summed E-state index contributed by atoms with van der Waals surface area (Å²) < 4.78 is 27.2. The van der Waals surface area contributed by atoms with E-state index in [0.29, 0.717) is 25.0 Å². The zero-order chi connectivity index (χ0) is 21.4. The van der Waals surface area contributed by atoms with Gasteiger partial charge in [0.05, 0.1) is 18.0 Å². The molecule has 0 unspecified atom stereocenters. The SMILES string of the molecule is CN=C(NCc1nc(C(C)C)cs1)NCc1ccccc1CS(=O)(=O)NC(C)C. The van der Waals surface area contributed by atoms with Crippen molar-refractivity contribution in [1.82, 2.24) is 20.3 Å². The fraction of sp³-hybridized carbons (Fsp3) is 0.500. The first-order chi connectivity index (χ1) is 13.7. The van der Waals surface area contributed by atoms with E-state index < -0.39 is 10.0 Å². The number of aromatic nitrogens is 1. The van der Waals surface area contributed by atoms with Crippen molar-refractivity contribution >= 4 is 27.3 Å². The number of sulfonamides is 1. The molecule has 0 saturated heterocycles. The third-order valence-corrected chi connectivity index (χ3v) is 6.51. The summed E-state index contributed by atoms with van der Waals surface area (Å²) in [7, 11) is -1.67. The van der Waals surface area contributed by atoms with Crippen LogP contribution in [0.5, 0.6) is 0 Å². The van der Waals surface area contributed by atoms with Crippen LogP contribution in [0.3, 0.4) is 0 Å². The fourth-order valence-electron chi connectivity index (χ4n) is 2.71. The number of rotatable bonds is 9. The molecule has 1 heterocycles. The molecule has 1 aromatic carbocycles. The van der Waals surface area contributed by atoms with Gasteiger partial charge in [-0.15, -0.1) is 11.3 Å². The smallest absolute Gasteiger partial charge is 0.216 e. The van der Waals surface area contributed by atoms with Crippen molar-refractivity contribution in [3.8, 4) is 0 Å². The molecule has 0 spiro atoms. The molecule has 0 radical (unpaired) electrons. The fourth-order valence-corrected chi connectivity index (χ4v) is 5.09. The van der Waals surface area contributed by atoms with Crippen LogP contribution >= 0.6 is 11.3 Å². The monoisotopic (exact) mass is 437 g/mol. The van der Waals surface area contributed by atoms with Gasteiger partial charge in [-0.25, -0.2) is 18.1 Å². The molecule has 2 rings (SSSR count). The molecule has 0 aliphatic rings. The van der Waals surface area contributed by atoms with Gasteiger partial charge in [-0.3, -0.25) is 4.99 Å². The Morgan fingerprint density at radius 3 is 2.34 bits per heavy atom. The Balaban J connectivity index is 1.97. The maximum atomic E-state index is 12.3. The first-order valence-corrected chi connectivity index (χ1v) is 12.2. The summed E-state index contributed by atoms with van der Waals surface area (Å²) in [5.74, 6) is 1.01. The highest BCUT2D eigenvalue weighted by atomic mass is 32.2. The average Bonchev–Trinajstić information content (AvgIpc) is 3.11. The van der Waals surface area contributed by atoms with Gasteiger partial charge in [-0.1, -0.05) is 38.1 Å². The van der Waals surface area contributed by atoms with Crippen molar-refractivity contribution < 1.29 is 8.42 Å². The molecule has 0 bridgehead atoms. The number of nitrogens with one attached hydrogen (secondary N) is 3. The Labute approximate surface area is 178 Å². The predicted molar refractivity (Wildman–Crippen MR) is 121 cm³/mol. The Bertz CT molecular complexity index is 920. The van der Waals surface area contributed by atoms with Crippen LogP contribution < -0.4 is 15.4 Å². The van der Waals surface area contributed by atoms with Gasteiger partial charge in [0.25, 0.3) is 0 Å². The molecule has 0 fully saturated rings. The Kier molecular flexibility index (Phi) is 8.60. The van der Waals surface area contributed by atoms with E-state index in [4.69, 9.17) is 0 Å². The van der Waals surface area contributed by atoms with Crippen LogP contribution in [0.2, 0.25) is 0 Å². The predicted octanol–water partition coefficient (Wildman–Crippen LogP) is 2.96. The van der Waals surface area contributed by atoms with E-state index in [1.165, 1.54) is 0 Å². The van der Waals surface area contributed by atoms with Crippen LogP contribution in [-0.2, 0) is 28.9 Å². The van der Waals surface area contributed by atoms with Crippen molar-refractivity contribution in [2.24, 2.45) is 4.99 Å². The summed E-state index contributed by atoms with van der Waals surface area (Å²) in [6, 6.07) is 7.40. The van der Waals surface area contributed by atoms with Gasteiger partial charge in [0.15, 0.2) is 5.96 Å². The van der Waals surface area contributed by atoms with Gasteiger partial charge in [-0.05, 0) is 30.9 Å². The number of nitrogens with zero attached hydrogens (tertiary/aromatic N) is 2. The highest BCUT2D eigenvalue weighted by molar-refractivity contribution is 7.88. The second kappa shape index (κ2) is 10.7. The topological polar surface area (TPSA) is 95.5 Å². The van der Waals surface area contributed by atoms with Crippen molar-refractivity contribution in [2.45, 2.75) is 58.5 Å². The summed E-state index contributed by atoms with van der Waals surface area (Å²) >= 11 is 1.63. The van der Waals surface area contributed by atoms with Crippen LogP contribution in [-0.4, -0.2) is 32.5 Å². The number of hydrogen-bond acceptors (Lipinski definition) is 5. The zero-order valence-electron chi connectivity index (χ0n) is 17.7. The Morgan fingerprint density at radius 1 is 1.10 bits per heavy atom. The van der Waals surface area contributed by atoms with Crippen LogP contribution in [0.1, 0.15) is 55.4 Å². The van der Waals surface area contributed by atoms with E-state index >= 15 is 0 Å². The number of guanidine groups is 1. The Hall–Kier alpha value is -1.97. The molecule has 2 aromatic rings. The molecule has 160 valence electrons. The van der Waals surface area contributed by atoms with Crippen molar-refractivity contribution in [2.75, 3.05) is 7.05 Å². The number of thiazole rings is 1. The minimum Gasteiger partial charge on any atom is -0.352 e. The molecule has 0 atom stereocenters. The first-order valence-electron chi connectivity index (χ1n) is 9.65. The summed E-state index contributed by atoms with van der Waals surface area (Å²) in [4.78, 5) is 8.86. The summed E-state index contributed by atoms with van der Waals surface area (Å²) in [5, 5.41) is 9.60. The van der Waals surface area contributed by atoms with E-state index in [9.17, 15) is 8.42 Å². The van der Waals surface area contributed by atoms with Crippen molar-refractivity contribution in [3.05, 3.63) is 51.5 Å². The number of benzene rings is 1. The average molecular weight is 438 g/mol. The summed E-state index contributed by atoms with van der Waals surface area (Å²) in [6.45, 7) is 8.94. The van der Waals surface area contributed by atoms with Crippen LogP contribution in [0, 0.1) is 0 Å². The van der Waals surface area contributed by atoms with Gasteiger partial charge < -0.3 is 10.6 Å². The Morgan fingerprint density at radius 2 is 1.76 bits per heavy atom. The molecule has 1 aromatic heterocycles. The van der Waals surface area contributed by atoms with Gasteiger partial charge in [0, 0.05) is 25.0 Å². The highest BCUT2D eigenvalue weighted by Gasteiger charge is 2.15. The van der Waals surface area contributed by atoms with Gasteiger partial charge >= 0.3 is 0 Å². The minimum absolute atomic E-state index is 0.0494. The molecule has 0 amide bonds. The lowest BCUT2D eigenvalue weighted by Crippen LogP contribution is -2.36. The second-order valence-corrected chi connectivity index (χ2v) is 10.1. The summed E-state index contributed by atoms with van der Waals surface area (Å²) in [5.41, 5.74) is 2.78. The number of aliphatic imine (C=N–C) groups is 1. The van der Waals surface area contributed by atoms with Gasteiger partial charge in [-0.2, -0.15) is 0 Å². The molecule has 0 saturated carbocycles. The van der Waals surface area contributed by atoms with E-state index in [1.807, 2.05) is 38.1 Å². The molecular formula is C20H31N5O2S2. The molecule has 0 aliphatic carbocycles. The standard InChI is InChI=1S/C20H31N5O2S2/c1-14(2)18-12-28-19(24-18)11-23-20(21-5)22-10-16-8-6-7-9-17(16)13-29(26,27)25-15(3)4/h6-9,12,14-15,25H,10-11,13H2,1-5H3,(H2,21,22,23). The largest absolute Gasteiger partial charge is 0.352 e. The summed E-state index contributed by atoms with van der Waals surface area (Å²) in [6.07, 6.45) is 0. The second-order valence-electron chi connectivity index (χ2n) is 7.40. The van der Waals surface area contributed by atoms with Gasteiger partial charge in [0.2, 0.25) is 10.0 Å². The maximum absolute atomic E-state index is 12.3. The third kappa shape index (κ3) is 7.75. The van der Waals surface area contributed by atoms with Crippen LogP contribution in [0.4, 0.5) is 0 Å². The van der Waals surface area contributed by atoms with E-state index in [-0.39, 0.29) is 11.8 Å². The molecule has 7 nitrogen and oxygen atoms in total. The van der Waals surface area contributed by atoms with E-state index in [2.05, 4.69) is 44.6 Å². The van der Waals surface area contributed by atoms with Crippen LogP contribution in [0.25, 0.3) is 0 Å². The quantitative estimate of drug-likeness (QED) is 0.414. The van der Waals surface area contributed by atoms with E-state index in [0.717, 1.165) is 21.8 Å². The zero-order valence-corrected chi connectivity index (χ0v) is 19.3. The van der Waals surface area contributed by atoms with E-state index in [1.54, 1.807) is 18.4 Å². The molecule has 9 heteroatoms. The highest BCUT2D eigenvalue weighted by Crippen LogP contribution is 2.17. The molecule has 29 heavy (non-hydrogen) atoms. The molecule has 3 N–H and O–H groups in total. The molecule has 0 aliphatic heterocycles. The van der Waals surface area contributed by atoms with Gasteiger partial charge in [0.1, 0.15) is 5.01 Å². The third-order valence-electron chi connectivity index (χ3n) is 4.12. The van der Waals surface area contributed by atoms with Crippen molar-refractivity contribution in [3.63, 3.8) is 0 Å².